The number of hydrogen-bond acceptors (Lipinski definition) is 6. The number of halogens is 3. The molecule has 0 radical (unpaired) electrons. The van der Waals surface area contributed by atoms with Crippen LogP contribution in [0, 0.1) is 23.4 Å². The van der Waals surface area contributed by atoms with Crippen LogP contribution in [0.4, 0.5) is 18.9 Å². The Morgan fingerprint density at radius 3 is 2.39 bits per heavy atom. The van der Waals surface area contributed by atoms with E-state index < -0.39 is 62.8 Å². The van der Waals surface area contributed by atoms with Crippen LogP contribution in [0.3, 0.4) is 0 Å². The van der Waals surface area contributed by atoms with Crippen molar-refractivity contribution in [1.29, 1.82) is 0 Å². The molecule has 0 spiro atoms. The van der Waals surface area contributed by atoms with E-state index in [0.717, 1.165) is 11.1 Å². The minimum absolute atomic E-state index is 0.0312. The molecule has 2 aliphatic rings. The number of nitrogens with zero attached hydrogens (tertiary/aromatic N) is 3. The van der Waals surface area contributed by atoms with Gasteiger partial charge in [0.05, 0.1) is 6.61 Å². The highest BCUT2D eigenvalue weighted by Crippen LogP contribution is 2.35. The monoisotopic (exact) mass is 529 g/mol. The van der Waals surface area contributed by atoms with Crippen LogP contribution in [0.15, 0.2) is 23.2 Å². The second-order valence-corrected chi connectivity index (χ2v) is 10.4. The Balaban J connectivity index is 1.62. The van der Waals surface area contributed by atoms with Crippen molar-refractivity contribution in [3.05, 3.63) is 41.5 Å². The molecule has 3 amide bonds. The minimum Gasteiger partial charge on any atom is -0.489 e. The van der Waals surface area contributed by atoms with Crippen LogP contribution in [0.1, 0.15) is 10.5 Å². The number of likely N-dealkylation sites (tertiary alicyclic amines) is 1. The number of anilines is 1. The lowest BCUT2D eigenvalue weighted by Gasteiger charge is -2.23. The summed E-state index contributed by atoms with van der Waals surface area (Å²) in [4.78, 5) is 39.4. The number of carbonyl (C=O) groups excluding carboxylic acids is 3. The molecular formula is C21H22F3N5O6S. The van der Waals surface area contributed by atoms with Crippen molar-refractivity contribution < 1.29 is 40.7 Å². The zero-order valence-corrected chi connectivity index (χ0v) is 20.2. The van der Waals surface area contributed by atoms with Crippen molar-refractivity contribution in [3.8, 4) is 5.75 Å². The average Bonchev–Trinajstić information content (AvgIpc) is 3.34. The molecule has 0 bridgehead atoms. The van der Waals surface area contributed by atoms with Gasteiger partial charge in [0, 0.05) is 70.2 Å². The molecular weight excluding hydrogens is 507 g/mol. The van der Waals surface area contributed by atoms with Crippen molar-refractivity contribution in [2.45, 2.75) is 10.9 Å². The maximum Gasteiger partial charge on any atom is 0.312 e. The van der Waals surface area contributed by atoms with Gasteiger partial charge < -0.3 is 24.4 Å². The molecule has 2 aromatic rings. The molecule has 15 heteroatoms. The molecule has 36 heavy (non-hydrogen) atoms. The van der Waals surface area contributed by atoms with Crippen molar-refractivity contribution in [3.63, 3.8) is 0 Å². The average molecular weight is 529 g/mol. The van der Waals surface area contributed by atoms with Gasteiger partial charge in [0.2, 0.25) is 10.0 Å². The summed E-state index contributed by atoms with van der Waals surface area (Å²) in [6.45, 7) is -0.128. The van der Waals surface area contributed by atoms with E-state index in [0.29, 0.717) is 12.1 Å². The first kappa shape index (κ1) is 25.5. The van der Waals surface area contributed by atoms with Crippen LogP contribution in [0.25, 0.3) is 0 Å². The minimum atomic E-state index is -4.25. The van der Waals surface area contributed by atoms with Crippen LogP contribution in [0.5, 0.6) is 5.75 Å². The number of amides is 3. The lowest BCUT2D eigenvalue weighted by atomic mass is 10.1. The molecule has 2 unspecified atom stereocenters. The molecule has 3 heterocycles. The van der Waals surface area contributed by atoms with Crippen molar-refractivity contribution in [2.75, 3.05) is 39.1 Å². The lowest BCUT2D eigenvalue weighted by Crippen LogP contribution is -2.45. The van der Waals surface area contributed by atoms with E-state index in [9.17, 15) is 36.0 Å². The predicted octanol–water partition coefficient (Wildman–Crippen LogP) is 0.281. The van der Waals surface area contributed by atoms with Crippen LogP contribution in [-0.2, 0) is 26.7 Å². The van der Waals surface area contributed by atoms with Crippen molar-refractivity contribution >= 4 is 33.4 Å². The van der Waals surface area contributed by atoms with Crippen molar-refractivity contribution in [2.24, 2.45) is 13.0 Å². The molecule has 2 atom stereocenters. The van der Waals surface area contributed by atoms with E-state index in [-0.39, 0.29) is 36.0 Å². The standard InChI is InChI=1S/C21H22F3N5O6S/c1-27(2)20(31)21(32)29-6-10-9-35-18-15(36(33,34)26-14(10)7-29)8-28(3)17(18)19(30)25-11-4-12(22)16(24)13(23)5-11/h4-5,8,10,14,26H,6-7,9H2,1-3H3,(H,25,30). The highest BCUT2D eigenvalue weighted by molar-refractivity contribution is 7.89. The van der Waals surface area contributed by atoms with Gasteiger partial charge in [0.1, 0.15) is 4.90 Å². The van der Waals surface area contributed by atoms with Gasteiger partial charge in [-0.1, -0.05) is 0 Å². The molecule has 11 nitrogen and oxygen atoms in total. The fourth-order valence-electron chi connectivity index (χ4n) is 4.11. The summed E-state index contributed by atoms with van der Waals surface area (Å²) < 4.78 is 76.0. The predicted molar refractivity (Wildman–Crippen MR) is 118 cm³/mol. The molecule has 1 aromatic heterocycles. The number of ether oxygens (including phenoxy) is 1. The number of benzene rings is 1. The first-order chi connectivity index (χ1) is 16.8. The number of hydrogen-bond donors (Lipinski definition) is 2. The molecule has 0 saturated carbocycles. The van der Waals surface area contributed by atoms with E-state index in [2.05, 4.69) is 10.0 Å². The highest BCUT2D eigenvalue weighted by Gasteiger charge is 2.43. The third-order valence-corrected chi connectivity index (χ3v) is 7.40. The fourth-order valence-corrected chi connectivity index (χ4v) is 5.60. The highest BCUT2D eigenvalue weighted by atomic mass is 32.2. The maximum atomic E-state index is 13.6. The number of likely N-dealkylation sites (N-methyl/N-ethyl adjacent to an activating group) is 1. The molecule has 2 N–H and O–H groups in total. The van der Waals surface area contributed by atoms with Crippen LogP contribution in [0.2, 0.25) is 0 Å². The number of nitrogens with one attached hydrogen (secondary N) is 2. The SMILES string of the molecule is CN(C)C(=O)C(=O)N1CC2COc3c(cn(C)c3C(=O)Nc3cc(F)c(F)c(F)c3)S(=O)(=O)NC2C1. The quantitative estimate of drug-likeness (QED) is 0.425. The van der Waals surface area contributed by atoms with E-state index in [4.69, 9.17) is 4.74 Å². The van der Waals surface area contributed by atoms with Gasteiger partial charge in [-0.2, -0.15) is 0 Å². The summed E-state index contributed by atoms with van der Waals surface area (Å²) in [6.07, 6.45) is 1.13. The molecule has 1 saturated heterocycles. The van der Waals surface area contributed by atoms with Gasteiger partial charge in [-0.3, -0.25) is 14.4 Å². The third kappa shape index (κ3) is 4.51. The Morgan fingerprint density at radius 2 is 1.78 bits per heavy atom. The fraction of sp³-hybridized carbons (Fsp3) is 0.381. The summed E-state index contributed by atoms with van der Waals surface area (Å²) in [5.41, 5.74) is -0.665. The summed E-state index contributed by atoms with van der Waals surface area (Å²) >= 11 is 0. The number of carbonyl (C=O) groups is 3. The Labute approximate surface area is 203 Å². The van der Waals surface area contributed by atoms with Crippen molar-refractivity contribution in [1.82, 2.24) is 19.1 Å². The van der Waals surface area contributed by atoms with Gasteiger partial charge in [-0.25, -0.2) is 26.3 Å². The number of aromatic nitrogens is 1. The third-order valence-electron chi connectivity index (χ3n) is 5.91. The lowest BCUT2D eigenvalue weighted by molar-refractivity contribution is -0.149. The largest absolute Gasteiger partial charge is 0.489 e. The zero-order chi connectivity index (χ0) is 26.5. The molecule has 4 rings (SSSR count). The number of aryl methyl sites for hydroxylation is 1. The first-order valence-corrected chi connectivity index (χ1v) is 12.1. The first-order valence-electron chi connectivity index (χ1n) is 10.6. The van der Waals surface area contributed by atoms with Crippen LogP contribution < -0.4 is 14.8 Å². The Hall–Kier alpha value is -3.59. The molecule has 194 valence electrons. The van der Waals surface area contributed by atoms with Crippen LogP contribution in [-0.4, -0.2) is 80.3 Å². The second-order valence-electron chi connectivity index (χ2n) is 8.70. The number of sulfonamides is 1. The Morgan fingerprint density at radius 1 is 1.14 bits per heavy atom. The van der Waals surface area contributed by atoms with E-state index in [1.807, 2.05) is 0 Å². The summed E-state index contributed by atoms with van der Waals surface area (Å²) in [6, 6.07) is 0.405. The van der Waals surface area contributed by atoms with Gasteiger partial charge in [0.15, 0.2) is 28.9 Å². The normalized spacial score (nSPS) is 20.4. The van der Waals surface area contributed by atoms with Gasteiger partial charge >= 0.3 is 11.8 Å². The smallest absolute Gasteiger partial charge is 0.312 e. The molecule has 0 aliphatic carbocycles. The van der Waals surface area contributed by atoms with E-state index >= 15 is 0 Å². The molecule has 2 aliphatic heterocycles. The van der Waals surface area contributed by atoms with E-state index in [1.54, 1.807) is 0 Å². The summed E-state index contributed by atoms with van der Waals surface area (Å²) in [7, 11) is -0.0343. The summed E-state index contributed by atoms with van der Waals surface area (Å²) in [5, 5.41) is 2.20. The molecule has 1 fully saturated rings. The topological polar surface area (TPSA) is 130 Å². The maximum absolute atomic E-state index is 13.6. The van der Waals surface area contributed by atoms with Crippen LogP contribution >= 0.6 is 0 Å². The Bertz CT molecular complexity index is 1350. The summed E-state index contributed by atoms with van der Waals surface area (Å²) in [5.74, 6) is -8.10. The van der Waals surface area contributed by atoms with E-state index in [1.165, 1.54) is 30.6 Å². The number of rotatable bonds is 2. The zero-order valence-electron chi connectivity index (χ0n) is 19.3. The Kier molecular flexibility index (Phi) is 6.47. The second kappa shape index (κ2) is 9.13. The van der Waals surface area contributed by atoms with Gasteiger partial charge in [0.25, 0.3) is 5.91 Å². The van der Waals surface area contributed by atoms with Gasteiger partial charge in [-0.05, 0) is 0 Å². The number of fused-ring (bicyclic) bond motifs is 2. The molecule has 1 aromatic carbocycles. The van der Waals surface area contributed by atoms with Gasteiger partial charge in [-0.15, -0.1) is 0 Å².